The Hall–Kier alpha value is -2.97. The minimum Gasteiger partial charge on any atom is -0.328 e. The van der Waals surface area contributed by atoms with Gasteiger partial charge in [0.25, 0.3) is 0 Å². The number of hydrogen-bond donors (Lipinski definition) is 2. The Balaban J connectivity index is 1.72. The molecular formula is C14H18N8O. The fraction of sp³-hybridized carbons (Fsp3) is 0.357. The lowest BCUT2D eigenvalue weighted by Gasteiger charge is -2.17. The van der Waals surface area contributed by atoms with Crippen LogP contribution >= 0.6 is 0 Å². The number of amides is 2. The predicted octanol–water partition coefficient (Wildman–Crippen LogP) is 1.78. The summed E-state index contributed by atoms with van der Waals surface area (Å²) in [6.07, 6.45) is 5.05. The van der Waals surface area contributed by atoms with E-state index in [1.165, 1.54) is 0 Å². The van der Waals surface area contributed by atoms with Crippen LogP contribution in [-0.4, -0.2) is 35.4 Å². The molecule has 0 fully saturated rings. The van der Waals surface area contributed by atoms with Crippen LogP contribution in [0.4, 0.5) is 10.5 Å². The summed E-state index contributed by atoms with van der Waals surface area (Å²) in [5.74, 6) is 0.704. The number of urea groups is 1. The number of carbonyl (C=O) groups is 1. The van der Waals surface area contributed by atoms with Crippen molar-refractivity contribution in [1.82, 2.24) is 34.7 Å². The van der Waals surface area contributed by atoms with Gasteiger partial charge in [0.15, 0.2) is 11.5 Å². The van der Waals surface area contributed by atoms with E-state index in [4.69, 9.17) is 0 Å². The summed E-state index contributed by atoms with van der Waals surface area (Å²) in [7, 11) is 0. The minimum atomic E-state index is -0.341. The van der Waals surface area contributed by atoms with Crippen molar-refractivity contribution >= 4 is 17.4 Å². The number of pyridine rings is 1. The van der Waals surface area contributed by atoms with Gasteiger partial charge in [0.05, 0.1) is 11.7 Å². The number of aromatic nitrogens is 6. The van der Waals surface area contributed by atoms with Crippen molar-refractivity contribution in [2.24, 2.45) is 0 Å². The molecule has 3 rings (SSSR count). The van der Waals surface area contributed by atoms with Crippen molar-refractivity contribution in [2.75, 3.05) is 5.32 Å². The van der Waals surface area contributed by atoms with Crippen LogP contribution in [0.2, 0.25) is 0 Å². The topological polar surface area (TPSA) is 102 Å². The van der Waals surface area contributed by atoms with Gasteiger partial charge in [0.1, 0.15) is 12.7 Å². The van der Waals surface area contributed by atoms with Gasteiger partial charge in [-0.3, -0.25) is 4.40 Å². The number of anilines is 1. The molecule has 0 unspecified atom stereocenters. The molecule has 0 saturated heterocycles. The fourth-order valence-electron chi connectivity index (χ4n) is 2.33. The van der Waals surface area contributed by atoms with E-state index in [1.54, 1.807) is 23.1 Å². The van der Waals surface area contributed by atoms with Gasteiger partial charge < -0.3 is 15.2 Å². The van der Waals surface area contributed by atoms with E-state index in [0.717, 1.165) is 0 Å². The molecule has 0 aliphatic heterocycles. The highest BCUT2D eigenvalue weighted by atomic mass is 16.2. The van der Waals surface area contributed by atoms with E-state index in [2.05, 4.69) is 31.0 Å². The van der Waals surface area contributed by atoms with Crippen LogP contribution in [0.5, 0.6) is 0 Å². The molecule has 0 spiro atoms. The molecule has 0 aromatic carbocycles. The van der Waals surface area contributed by atoms with Crippen LogP contribution in [0.1, 0.15) is 38.7 Å². The van der Waals surface area contributed by atoms with E-state index >= 15 is 0 Å². The average Bonchev–Trinajstić information content (AvgIpc) is 3.16. The third-order valence-corrected chi connectivity index (χ3v) is 3.46. The van der Waals surface area contributed by atoms with Crippen LogP contribution in [0.15, 0.2) is 31.0 Å². The molecule has 3 aromatic heterocycles. The first-order valence-corrected chi connectivity index (χ1v) is 7.31. The molecule has 0 aliphatic carbocycles. The zero-order chi connectivity index (χ0) is 16.4. The largest absolute Gasteiger partial charge is 0.328 e. The van der Waals surface area contributed by atoms with E-state index < -0.39 is 0 Å². The molecule has 9 nitrogen and oxygen atoms in total. The van der Waals surface area contributed by atoms with Gasteiger partial charge in [-0.05, 0) is 32.9 Å². The summed E-state index contributed by atoms with van der Waals surface area (Å²) < 4.78 is 3.65. The second kappa shape index (κ2) is 6.03. The van der Waals surface area contributed by atoms with Crippen LogP contribution in [0.25, 0.3) is 5.65 Å². The lowest BCUT2D eigenvalue weighted by molar-refractivity contribution is 0.248. The molecule has 9 heteroatoms. The van der Waals surface area contributed by atoms with Gasteiger partial charge in [0.2, 0.25) is 0 Å². The molecule has 1 atom stereocenters. The first-order valence-electron chi connectivity index (χ1n) is 7.31. The van der Waals surface area contributed by atoms with Gasteiger partial charge in [-0.25, -0.2) is 4.79 Å². The molecule has 2 N–H and O–H groups in total. The Morgan fingerprint density at radius 1 is 1.17 bits per heavy atom. The SMILES string of the molecule is CC(C)n1cnnc1[C@H](C)NC(=O)Nc1cccn2cnnc12. The zero-order valence-electron chi connectivity index (χ0n) is 13.1. The second-order valence-corrected chi connectivity index (χ2v) is 5.49. The lowest BCUT2D eigenvalue weighted by Crippen LogP contribution is -2.33. The molecular weight excluding hydrogens is 296 g/mol. The maximum Gasteiger partial charge on any atom is 0.319 e. The summed E-state index contributed by atoms with van der Waals surface area (Å²) in [5.41, 5.74) is 1.17. The Bertz CT molecular complexity index is 821. The lowest BCUT2D eigenvalue weighted by atomic mass is 10.3. The van der Waals surface area contributed by atoms with E-state index in [1.807, 2.05) is 37.6 Å². The summed E-state index contributed by atoms with van der Waals surface area (Å²) in [6, 6.07) is 3.18. The standard InChI is InChI=1S/C14H18N8O/c1-9(2)22-8-16-19-12(22)10(3)17-14(23)18-11-5-4-6-21-7-15-20-13(11)21/h4-10H,1-3H3,(H2,17,18,23)/t10-/m0/s1. The summed E-state index contributed by atoms with van der Waals surface area (Å²) >= 11 is 0. The summed E-state index contributed by atoms with van der Waals surface area (Å²) in [5, 5.41) is 21.4. The Morgan fingerprint density at radius 3 is 2.74 bits per heavy atom. The third-order valence-electron chi connectivity index (χ3n) is 3.46. The number of carbonyl (C=O) groups excluding carboxylic acids is 1. The van der Waals surface area contributed by atoms with E-state index in [-0.39, 0.29) is 18.1 Å². The third kappa shape index (κ3) is 2.98. The van der Waals surface area contributed by atoms with Gasteiger partial charge >= 0.3 is 6.03 Å². The van der Waals surface area contributed by atoms with E-state index in [9.17, 15) is 4.79 Å². The fourth-order valence-corrected chi connectivity index (χ4v) is 2.33. The number of rotatable bonds is 4. The first kappa shape index (κ1) is 14.9. The van der Waals surface area contributed by atoms with Crippen molar-refractivity contribution in [3.63, 3.8) is 0 Å². The molecule has 120 valence electrons. The van der Waals surface area contributed by atoms with Gasteiger partial charge in [-0.15, -0.1) is 20.4 Å². The number of fused-ring (bicyclic) bond motifs is 1. The minimum absolute atomic E-state index is 0.219. The van der Waals surface area contributed by atoms with Crippen molar-refractivity contribution in [2.45, 2.75) is 32.9 Å². The Morgan fingerprint density at radius 2 is 1.96 bits per heavy atom. The highest BCUT2D eigenvalue weighted by molar-refractivity contribution is 5.93. The van der Waals surface area contributed by atoms with Crippen LogP contribution < -0.4 is 10.6 Å². The maximum atomic E-state index is 12.2. The normalized spacial score (nSPS) is 12.5. The summed E-state index contributed by atoms with van der Waals surface area (Å²) in [6.45, 7) is 5.93. The summed E-state index contributed by atoms with van der Waals surface area (Å²) in [4.78, 5) is 12.2. The average molecular weight is 314 g/mol. The molecule has 0 aliphatic rings. The molecule has 3 aromatic rings. The molecule has 23 heavy (non-hydrogen) atoms. The highest BCUT2D eigenvalue weighted by Crippen LogP contribution is 2.16. The smallest absolute Gasteiger partial charge is 0.319 e. The van der Waals surface area contributed by atoms with Crippen LogP contribution in [-0.2, 0) is 0 Å². The number of nitrogens with zero attached hydrogens (tertiary/aromatic N) is 6. The number of nitrogens with one attached hydrogen (secondary N) is 2. The molecule has 0 bridgehead atoms. The van der Waals surface area contributed by atoms with Crippen molar-refractivity contribution in [1.29, 1.82) is 0 Å². The van der Waals surface area contributed by atoms with Crippen molar-refractivity contribution in [3.8, 4) is 0 Å². The van der Waals surface area contributed by atoms with Crippen LogP contribution in [0.3, 0.4) is 0 Å². The van der Waals surface area contributed by atoms with Gasteiger partial charge in [0, 0.05) is 12.2 Å². The predicted molar refractivity (Wildman–Crippen MR) is 84.0 cm³/mol. The molecule has 3 heterocycles. The number of hydrogen-bond acceptors (Lipinski definition) is 5. The Kier molecular flexibility index (Phi) is 3.92. The zero-order valence-corrected chi connectivity index (χ0v) is 13.1. The van der Waals surface area contributed by atoms with Crippen molar-refractivity contribution < 1.29 is 4.79 Å². The van der Waals surface area contributed by atoms with Crippen molar-refractivity contribution in [3.05, 3.63) is 36.8 Å². The Labute approximate surface area is 132 Å². The molecule has 0 saturated carbocycles. The van der Waals surface area contributed by atoms with E-state index in [0.29, 0.717) is 17.2 Å². The molecule has 0 radical (unpaired) electrons. The van der Waals surface area contributed by atoms with Gasteiger partial charge in [-0.1, -0.05) is 0 Å². The first-order chi connectivity index (χ1) is 11.1. The highest BCUT2D eigenvalue weighted by Gasteiger charge is 2.17. The second-order valence-electron chi connectivity index (χ2n) is 5.49. The monoisotopic (exact) mass is 314 g/mol. The maximum absolute atomic E-state index is 12.2. The molecule has 2 amide bonds. The van der Waals surface area contributed by atoms with Crippen LogP contribution in [0, 0.1) is 0 Å². The quantitative estimate of drug-likeness (QED) is 0.764. The van der Waals surface area contributed by atoms with Gasteiger partial charge in [-0.2, -0.15) is 0 Å².